The molecule has 1 aromatic rings. The summed E-state index contributed by atoms with van der Waals surface area (Å²) in [5, 5.41) is 1.35. The molecule has 0 bridgehead atoms. The van der Waals surface area contributed by atoms with Gasteiger partial charge in [0.1, 0.15) is 0 Å². The summed E-state index contributed by atoms with van der Waals surface area (Å²) in [6, 6.07) is 0. The van der Waals surface area contributed by atoms with Crippen LogP contribution in [0.3, 0.4) is 0 Å². The summed E-state index contributed by atoms with van der Waals surface area (Å²) < 4.78 is 0. The van der Waals surface area contributed by atoms with Gasteiger partial charge >= 0.3 is 0 Å². The number of aromatic nitrogens is 1. The van der Waals surface area contributed by atoms with Crippen molar-refractivity contribution in [2.45, 2.75) is 57.1 Å². The average molecular weight is 241 g/mol. The predicted octanol–water partition coefficient (Wildman–Crippen LogP) is 4.35. The highest BCUT2D eigenvalue weighted by Crippen LogP contribution is 2.44. The highest BCUT2D eigenvalue weighted by Gasteiger charge is 2.29. The van der Waals surface area contributed by atoms with Gasteiger partial charge in [-0.2, -0.15) is 12.6 Å². The molecule has 0 spiro atoms. The van der Waals surface area contributed by atoms with E-state index in [4.69, 9.17) is 4.98 Å². The molecule has 0 radical (unpaired) electrons. The van der Waals surface area contributed by atoms with Gasteiger partial charge in [-0.15, -0.1) is 11.3 Å². The maximum Gasteiger partial charge on any atom is 0.0962 e. The van der Waals surface area contributed by atoms with Gasteiger partial charge in [-0.3, -0.25) is 0 Å². The van der Waals surface area contributed by atoms with E-state index in [-0.39, 0.29) is 0 Å². The van der Waals surface area contributed by atoms with Crippen LogP contribution >= 0.6 is 24.0 Å². The van der Waals surface area contributed by atoms with Crippen LogP contribution in [0.25, 0.3) is 0 Å². The van der Waals surface area contributed by atoms with E-state index < -0.39 is 0 Å². The molecule has 1 saturated carbocycles. The molecule has 1 heterocycles. The zero-order valence-corrected chi connectivity index (χ0v) is 11.2. The predicted molar refractivity (Wildman–Crippen MR) is 70.1 cm³/mol. The monoisotopic (exact) mass is 241 g/mol. The SMILES string of the molecule is CCC(CC)c1nc(C2CC2)c(CS)s1. The Bertz CT molecular complexity index is 324. The number of thiazole rings is 1. The second-order valence-corrected chi connectivity index (χ2v) is 5.74. The Labute approximate surface area is 102 Å². The quantitative estimate of drug-likeness (QED) is 0.756. The molecule has 1 aliphatic carbocycles. The first-order valence-corrected chi connectivity index (χ1v) is 7.35. The van der Waals surface area contributed by atoms with E-state index in [9.17, 15) is 0 Å². The maximum atomic E-state index is 4.85. The van der Waals surface area contributed by atoms with E-state index in [1.807, 2.05) is 11.3 Å². The fourth-order valence-corrected chi connectivity index (χ4v) is 3.62. The molecule has 15 heavy (non-hydrogen) atoms. The molecule has 1 fully saturated rings. The fraction of sp³-hybridized carbons (Fsp3) is 0.750. The van der Waals surface area contributed by atoms with Gasteiger partial charge in [-0.25, -0.2) is 4.98 Å². The van der Waals surface area contributed by atoms with E-state index >= 15 is 0 Å². The molecule has 0 aromatic carbocycles. The van der Waals surface area contributed by atoms with E-state index in [1.54, 1.807) is 0 Å². The molecule has 0 amide bonds. The molecule has 2 rings (SSSR count). The zero-order chi connectivity index (χ0) is 10.8. The van der Waals surface area contributed by atoms with Crippen molar-refractivity contribution in [3.05, 3.63) is 15.6 Å². The van der Waals surface area contributed by atoms with E-state index in [0.717, 1.165) is 11.7 Å². The average Bonchev–Trinajstić information content (AvgIpc) is 3.01. The molecule has 0 unspecified atom stereocenters. The Kier molecular flexibility index (Phi) is 3.73. The molecule has 3 heteroatoms. The fourth-order valence-electron chi connectivity index (χ4n) is 1.98. The zero-order valence-electron chi connectivity index (χ0n) is 9.49. The number of nitrogens with zero attached hydrogens (tertiary/aromatic N) is 1. The van der Waals surface area contributed by atoms with Crippen LogP contribution < -0.4 is 0 Å². The smallest absolute Gasteiger partial charge is 0.0962 e. The minimum absolute atomic E-state index is 0.668. The third-order valence-electron chi connectivity index (χ3n) is 3.19. The van der Waals surface area contributed by atoms with Crippen LogP contribution in [0.5, 0.6) is 0 Å². The second kappa shape index (κ2) is 4.88. The summed E-state index contributed by atoms with van der Waals surface area (Å²) in [6.45, 7) is 4.51. The summed E-state index contributed by atoms with van der Waals surface area (Å²) in [5.41, 5.74) is 1.37. The van der Waals surface area contributed by atoms with Gasteiger partial charge < -0.3 is 0 Å². The van der Waals surface area contributed by atoms with Gasteiger partial charge in [0.25, 0.3) is 0 Å². The Morgan fingerprint density at radius 1 is 1.40 bits per heavy atom. The summed E-state index contributed by atoms with van der Waals surface area (Å²) in [5.74, 6) is 2.30. The molecule has 1 nitrogen and oxygen atoms in total. The summed E-state index contributed by atoms with van der Waals surface area (Å²) in [4.78, 5) is 6.27. The molecule has 0 saturated heterocycles. The topological polar surface area (TPSA) is 12.9 Å². The Balaban J connectivity index is 2.24. The highest BCUT2D eigenvalue weighted by atomic mass is 32.1. The number of rotatable bonds is 5. The standard InChI is InChI=1S/C12H19NS2/c1-3-8(4-2)12-13-11(9-5-6-9)10(7-14)15-12/h8-9,14H,3-7H2,1-2H3. The molecular formula is C12H19NS2. The van der Waals surface area contributed by atoms with Gasteiger partial charge in [0.2, 0.25) is 0 Å². The summed E-state index contributed by atoms with van der Waals surface area (Å²) in [6.07, 6.45) is 5.10. The maximum absolute atomic E-state index is 4.85. The van der Waals surface area contributed by atoms with E-state index in [2.05, 4.69) is 26.5 Å². The Hall–Kier alpha value is -0.0200. The van der Waals surface area contributed by atoms with E-state index in [1.165, 1.54) is 41.3 Å². The van der Waals surface area contributed by atoms with Crippen molar-refractivity contribution >= 4 is 24.0 Å². The first-order valence-electron chi connectivity index (χ1n) is 5.90. The normalized spacial score (nSPS) is 16.3. The number of thiol groups is 1. The largest absolute Gasteiger partial charge is 0.245 e. The van der Waals surface area contributed by atoms with Crippen molar-refractivity contribution in [3.63, 3.8) is 0 Å². The van der Waals surface area contributed by atoms with Crippen LogP contribution in [0.2, 0.25) is 0 Å². The molecule has 1 aromatic heterocycles. The minimum atomic E-state index is 0.668. The molecule has 0 aliphatic heterocycles. The second-order valence-electron chi connectivity index (χ2n) is 4.31. The third kappa shape index (κ3) is 2.39. The minimum Gasteiger partial charge on any atom is -0.245 e. The van der Waals surface area contributed by atoms with Crippen LogP contribution in [0.1, 0.15) is 66.9 Å². The lowest BCUT2D eigenvalue weighted by Gasteiger charge is -2.06. The molecule has 1 aliphatic rings. The first kappa shape index (κ1) is 11.5. The van der Waals surface area contributed by atoms with Crippen molar-refractivity contribution in [2.24, 2.45) is 0 Å². The van der Waals surface area contributed by atoms with Crippen molar-refractivity contribution in [1.29, 1.82) is 0 Å². The van der Waals surface area contributed by atoms with Crippen LogP contribution in [0.4, 0.5) is 0 Å². The lowest BCUT2D eigenvalue weighted by molar-refractivity contribution is 0.635. The van der Waals surface area contributed by atoms with Crippen molar-refractivity contribution in [2.75, 3.05) is 0 Å². The molecule has 0 atom stereocenters. The first-order chi connectivity index (χ1) is 7.30. The van der Waals surface area contributed by atoms with Crippen LogP contribution in [-0.2, 0) is 5.75 Å². The van der Waals surface area contributed by atoms with Gasteiger partial charge in [0.05, 0.1) is 10.7 Å². The van der Waals surface area contributed by atoms with E-state index in [0.29, 0.717) is 5.92 Å². The van der Waals surface area contributed by atoms with Crippen LogP contribution in [0.15, 0.2) is 0 Å². The van der Waals surface area contributed by atoms with Crippen molar-refractivity contribution < 1.29 is 0 Å². The van der Waals surface area contributed by atoms with Gasteiger partial charge in [0, 0.05) is 22.5 Å². The van der Waals surface area contributed by atoms with Gasteiger partial charge in [0.15, 0.2) is 0 Å². The van der Waals surface area contributed by atoms with Gasteiger partial charge in [-0.1, -0.05) is 13.8 Å². The number of hydrogen-bond acceptors (Lipinski definition) is 3. The lowest BCUT2D eigenvalue weighted by Crippen LogP contribution is -1.94. The third-order valence-corrected chi connectivity index (χ3v) is 4.95. The number of hydrogen-bond donors (Lipinski definition) is 1. The van der Waals surface area contributed by atoms with Crippen LogP contribution in [0, 0.1) is 0 Å². The summed E-state index contributed by atoms with van der Waals surface area (Å²) >= 11 is 6.31. The molecular weight excluding hydrogens is 222 g/mol. The Morgan fingerprint density at radius 3 is 2.53 bits per heavy atom. The molecule has 0 N–H and O–H groups in total. The van der Waals surface area contributed by atoms with Crippen LogP contribution in [-0.4, -0.2) is 4.98 Å². The highest BCUT2D eigenvalue weighted by molar-refractivity contribution is 7.79. The Morgan fingerprint density at radius 2 is 2.07 bits per heavy atom. The van der Waals surface area contributed by atoms with Crippen molar-refractivity contribution in [3.8, 4) is 0 Å². The lowest BCUT2D eigenvalue weighted by atomic mass is 10.1. The van der Waals surface area contributed by atoms with Gasteiger partial charge in [-0.05, 0) is 25.7 Å². The molecule has 84 valence electrons. The van der Waals surface area contributed by atoms with Crippen molar-refractivity contribution in [1.82, 2.24) is 4.98 Å². The summed E-state index contributed by atoms with van der Waals surface area (Å²) in [7, 11) is 0.